The second kappa shape index (κ2) is 4.08. The van der Waals surface area contributed by atoms with Gasteiger partial charge in [-0.25, -0.2) is 0 Å². The summed E-state index contributed by atoms with van der Waals surface area (Å²) < 4.78 is 0. The highest BCUT2D eigenvalue weighted by Crippen LogP contribution is 2.71. The minimum Gasteiger partial charge on any atom is -0.339 e. The van der Waals surface area contributed by atoms with Gasteiger partial charge in [0, 0.05) is 24.4 Å². The van der Waals surface area contributed by atoms with E-state index in [9.17, 15) is 9.59 Å². The number of carbonyl (C=O) groups excluding carboxylic acids is 2. The molecule has 20 heavy (non-hydrogen) atoms. The molecule has 0 unspecified atom stereocenters. The van der Waals surface area contributed by atoms with Gasteiger partial charge in [-0.05, 0) is 44.4 Å². The van der Waals surface area contributed by atoms with Gasteiger partial charge in [-0.15, -0.1) is 0 Å². The van der Waals surface area contributed by atoms with Crippen molar-refractivity contribution in [2.24, 2.45) is 16.2 Å². The van der Waals surface area contributed by atoms with Crippen LogP contribution in [0.4, 0.5) is 0 Å². The van der Waals surface area contributed by atoms with Gasteiger partial charge < -0.3 is 4.90 Å². The van der Waals surface area contributed by atoms with E-state index in [1.54, 1.807) is 0 Å². The number of ketones is 1. The van der Waals surface area contributed by atoms with Gasteiger partial charge >= 0.3 is 0 Å². The average molecular weight is 277 g/mol. The van der Waals surface area contributed by atoms with Gasteiger partial charge in [-0.3, -0.25) is 9.59 Å². The highest BCUT2D eigenvalue weighted by Gasteiger charge is 2.73. The quantitative estimate of drug-likeness (QED) is 0.738. The SMILES string of the molecule is C[C@H]1CCCCN1C(=O)[C@@]12CC[C@](C)(C(=O)C1)C2(C)C. The van der Waals surface area contributed by atoms with Gasteiger partial charge in [-0.2, -0.15) is 0 Å². The van der Waals surface area contributed by atoms with Crippen LogP contribution < -0.4 is 0 Å². The Kier molecular flexibility index (Phi) is 2.88. The van der Waals surface area contributed by atoms with Gasteiger partial charge in [0.1, 0.15) is 5.78 Å². The minimum absolute atomic E-state index is 0.203. The van der Waals surface area contributed by atoms with E-state index in [-0.39, 0.29) is 16.7 Å². The highest BCUT2D eigenvalue weighted by atomic mass is 16.2. The van der Waals surface area contributed by atoms with E-state index in [0.717, 1.165) is 32.2 Å². The van der Waals surface area contributed by atoms with Crippen LogP contribution in [0.2, 0.25) is 0 Å². The van der Waals surface area contributed by atoms with Crippen LogP contribution in [0.5, 0.6) is 0 Å². The van der Waals surface area contributed by atoms with Crippen LogP contribution >= 0.6 is 0 Å². The lowest BCUT2D eigenvalue weighted by Gasteiger charge is -2.44. The van der Waals surface area contributed by atoms with Crippen LogP contribution in [0, 0.1) is 16.2 Å². The van der Waals surface area contributed by atoms with E-state index in [1.165, 1.54) is 6.42 Å². The Hall–Kier alpha value is -0.860. The summed E-state index contributed by atoms with van der Waals surface area (Å²) in [5.41, 5.74) is -0.919. The minimum atomic E-state index is -0.426. The van der Waals surface area contributed by atoms with E-state index in [4.69, 9.17) is 0 Å². The zero-order chi connectivity index (χ0) is 14.8. The van der Waals surface area contributed by atoms with Crippen molar-refractivity contribution in [1.29, 1.82) is 0 Å². The maximum atomic E-state index is 13.3. The number of hydrogen-bond donors (Lipinski definition) is 0. The Balaban J connectivity index is 1.97. The topological polar surface area (TPSA) is 37.4 Å². The zero-order valence-electron chi connectivity index (χ0n) is 13.3. The molecule has 1 amide bonds. The molecule has 112 valence electrons. The van der Waals surface area contributed by atoms with E-state index in [1.807, 2.05) is 0 Å². The molecule has 3 aliphatic rings. The Morgan fingerprint density at radius 1 is 1.20 bits per heavy atom. The molecule has 3 nitrogen and oxygen atoms in total. The normalized spacial score (nSPS) is 43.1. The second-order valence-electron chi connectivity index (χ2n) is 7.98. The molecule has 3 heteroatoms. The lowest BCUT2D eigenvalue weighted by molar-refractivity contribution is -0.151. The summed E-state index contributed by atoms with van der Waals surface area (Å²) in [5, 5.41) is 0. The van der Waals surface area contributed by atoms with Crippen molar-refractivity contribution in [3.63, 3.8) is 0 Å². The van der Waals surface area contributed by atoms with Gasteiger partial charge in [0.25, 0.3) is 0 Å². The first-order valence-electron chi connectivity index (χ1n) is 8.11. The molecule has 3 rings (SSSR count). The molecule has 0 N–H and O–H groups in total. The lowest BCUT2D eigenvalue weighted by Crippen LogP contribution is -2.52. The maximum Gasteiger partial charge on any atom is 0.230 e. The lowest BCUT2D eigenvalue weighted by atomic mass is 9.64. The van der Waals surface area contributed by atoms with Crippen LogP contribution in [0.25, 0.3) is 0 Å². The third kappa shape index (κ3) is 1.42. The number of nitrogens with zero attached hydrogens (tertiary/aromatic N) is 1. The van der Waals surface area contributed by atoms with Crippen LogP contribution in [0.15, 0.2) is 0 Å². The molecule has 0 aromatic rings. The van der Waals surface area contributed by atoms with E-state index < -0.39 is 5.41 Å². The van der Waals surface area contributed by atoms with Crippen molar-refractivity contribution in [3.8, 4) is 0 Å². The van der Waals surface area contributed by atoms with E-state index >= 15 is 0 Å². The number of rotatable bonds is 1. The predicted octanol–water partition coefficient (Wildman–Crippen LogP) is 3.17. The molecule has 2 saturated carbocycles. The number of likely N-dealkylation sites (tertiary alicyclic amines) is 1. The summed E-state index contributed by atoms with van der Waals surface area (Å²) in [6, 6.07) is 0.337. The molecular formula is C17H27NO2. The molecule has 0 spiro atoms. The summed E-state index contributed by atoms with van der Waals surface area (Å²) in [6.07, 6.45) is 5.68. The Bertz CT molecular complexity index is 470. The summed E-state index contributed by atoms with van der Waals surface area (Å²) >= 11 is 0. The van der Waals surface area contributed by atoms with Crippen molar-refractivity contribution in [2.75, 3.05) is 6.54 Å². The third-order valence-corrected chi connectivity index (χ3v) is 7.18. The van der Waals surface area contributed by atoms with Crippen LogP contribution in [0.3, 0.4) is 0 Å². The van der Waals surface area contributed by atoms with Crippen LogP contribution in [-0.4, -0.2) is 29.2 Å². The second-order valence-corrected chi connectivity index (χ2v) is 7.98. The number of piperidine rings is 1. The Morgan fingerprint density at radius 2 is 1.90 bits per heavy atom. The Labute approximate surface area is 122 Å². The third-order valence-electron chi connectivity index (χ3n) is 7.18. The van der Waals surface area contributed by atoms with Crippen molar-refractivity contribution in [2.45, 2.75) is 72.3 Å². The zero-order valence-corrected chi connectivity index (χ0v) is 13.3. The first kappa shape index (κ1) is 14.1. The smallest absolute Gasteiger partial charge is 0.230 e. The molecule has 1 heterocycles. The van der Waals surface area contributed by atoms with Crippen LogP contribution in [0.1, 0.15) is 66.2 Å². The molecule has 0 aromatic carbocycles. The molecule has 1 saturated heterocycles. The van der Waals surface area contributed by atoms with E-state index in [2.05, 4.69) is 32.6 Å². The van der Waals surface area contributed by atoms with Crippen LogP contribution in [-0.2, 0) is 9.59 Å². The van der Waals surface area contributed by atoms with Crippen molar-refractivity contribution in [3.05, 3.63) is 0 Å². The monoisotopic (exact) mass is 277 g/mol. The molecule has 3 fully saturated rings. The maximum absolute atomic E-state index is 13.3. The molecule has 1 aliphatic heterocycles. The number of carbonyl (C=O) groups is 2. The standard InChI is InChI=1S/C17H27NO2/c1-12-7-5-6-10-18(12)14(20)17-9-8-16(4,13(19)11-17)15(17,2)3/h12H,5-11H2,1-4H3/t12-,16+,17+/m0/s1. The van der Waals surface area contributed by atoms with Crippen molar-refractivity contribution < 1.29 is 9.59 Å². The van der Waals surface area contributed by atoms with Crippen molar-refractivity contribution in [1.82, 2.24) is 4.90 Å². The number of amides is 1. The predicted molar refractivity (Wildman–Crippen MR) is 78.2 cm³/mol. The first-order valence-corrected chi connectivity index (χ1v) is 8.11. The fourth-order valence-electron chi connectivity index (χ4n) is 5.01. The molecule has 0 radical (unpaired) electrons. The summed E-state index contributed by atoms with van der Waals surface area (Å²) in [6.45, 7) is 9.42. The molecule has 0 aromatic heterocycles. The fourth-order valence-corrected chi connectivity index (χ4v) is 5.01. The van der Waals surface area contributed by atoms with Gasteiger partial charge in [0.05, 0.1) is 5.41 Å². The first-order chi connectivity index (χ1) is 9.26. The van der Waals surface area contributed by atoms with Gasteiger partial charge in [0.2, 0.25) is 5.91 Å². The molecule has 3 atom stereocenters. The summed E-state index contributed by atoms with van der Waals surface area (Å²) in [5.74, 6) is 0.580. The average Bonchev–Trinajstić information content (AvgIpc) is 2.69. The summed E-state index contributed by atoms with van der Waals surface area (Å²) in [4.78, 5) is 27.8. The number of fused-ring (bicyclic) bond motifs is 2. The van der Waals surface area contributed by atoms with Crippen molar-refractivity contribution >= 4 is 11.7 Å². The van der Waals surface area contributed by atoms with Gasteiger partial charge in [0.15, 0.2) is 0 Å². The fraction of sp³-hybridized carbons (Fsp3) is 0.882. The number of hydrogen-bond acceptors (Lipinski definition) is 2. The highest BCUT2D eigenvalue weighted by molar-refractivity contribution is 5.99. The molecule has 2 bridgehead atoms. The molecular weight excluding hydrogens is 250 g/mol. The molecule has 2 aliphatic carbocycles. The Morgan fingerprint density at radius 3 is 2.40 bits per heavy atom. The number of Topliss-reactive ketones (excluding diaryl/α,β-unsaturated/α-hetero) is 1. The largest absolute Gasteiger partial charge is 0.339 e. The van der Waals surface area contributed by atoms with Gasteiger partial charge in [-0.1, -0.05) is 20.8 Å². The summed E-state index contributed by atoms with van der Waals surface area (Å²) in [7, 11) is 0. The van der Waals surface area contributed by atoms with E-state index in [0.29, 0.717) is 18.2 Å².